The molecule has 5 heteroatoms. The quantitative estimate of drug-likeness (QED) is 0.756. The van der Waals surface area contributed by atoms with Gasteiger partial charge in [0.1, 0.15) is 5.82 Å². The first-order chi connectivity index (χ1) is 8.17. The molecule has 0 bridgehead atoms. The summed E-state index contributed by atoms with van der Waals surface area (Å²) in [6.45, 7) is 2.04. The first-order valence-electron chi connectivity index (χ1n) is 5.36. The van der Waals surface area contributed by atoms with E-state index in [9.17, 15) is 5.11 Å². The number of ether oxygens (including phenoxy) is 1. The van der Waals surface area contributed by atoms with E-state index in [1.165, 1.54) is 7.11 Å². The molecule has 0 saturated carbocycles. The Balaban J connectivity index is 2.64. The van der Waals surface area contributed by atoms with Crippen molar-refractivity contribution in [1.82, 2.24) is 10.2 Å². The number of nitrogens with two attached hydrogens (primary N) is 1. The normalized spacial score (nSPS) is 10.5. The molecule has 0 saturated heterocycles. The standard InChI is InChI=1S/C12H15N3O2/c1-3-7-4-8(9-6-14-15-12(9)13)11(16)10(5-7)17-2/h4-6,16H,3H2,1-2H3,(H3,13,14,15). The molecular formula is C12H15N3O2. The molecule has 1 heterocycles. The Kier molecular flexibility index (Phi) is 2.91. The third-order valence-electron chi connectivity index (χ3n) is 2.72. The number of anilines is 1. The lowest BCUT2D eigenvalue weighted by Crippen LogP contribution is -1.92. The second kappa shape index (κ2) is 4.37. The van der Waals surface area contributed by atoms with E-state index in [2.05, 4.69) is 10.2 Å². The number of phenolic OH excluding ortho intramolecular Hbond substituents is 1. The number of aryl methyl sites for hydroxylation is 1. The van der Waals surface area contributed by atoms with Crippen LogP contribution in [0, 0.1) is 0 Å². The van der Waals surface area contributed by atoms with Gasteiger partial charge in [0, 0.05) is 11.1 Å². The molecule has 4 N–H and O–H groups in total. The van der Waals surface area contributed by atoms with Crippen LogP contribution >= 0.6 is 0 Å². The van der Waals surface area contributed by atoms with E-state index in [0.717, 1.165) is 12.0 Å². The average molecular weight is 233 g/mol. The SMILES string of the molecule is CCc1cc(OC)c(O)c(-c2cn[nH]c2N)c1. The highest BCUT2D eigenvalue weighted by Crippen LogP contribution is 2.39. The van der Waals surface area contributed by atoms with Crippen LogP contribution < -0.4 is 10.5 Å². The number of methoxy groups -OCH3 is 1. The molecule has 0 aliphatic rings. The van der Waals surface area contributed by atoms with Crippen molar-refractivity contribution in [3.05, 3.63) is 23.9 Å². The number of phenols is 1. The summed E-state index contributed by atoms with van der Waals surface area (Å²) in [7, 11) is 1.52. The minimum absolute atomic E-state index is 0.0813. The van der Waals surface area contributed by atoms with E-state index < -0.39 is 0 Å². The summed E-state index contributed by atoms with van der Waals surface area (Å²) in [4.78, 5) is 0. The van der Waals surface area contributed by atoms with Crippen LogP contribution in [0.15, 0.2) is 18.3 Å². The summed E-state index contributed by atoms with van der Waals surface area (Å²) >= 11 is 0. The van der Waals surface area contributed by atoms with Crippen molar-refractivity contribution in [1.29, 1.82) is 0 Å². The number of nitrogens with zero attached hydrogens (tertiary/aromatic N) is 1. The van der Waals surface area contributed by atoms with E-state index >= 15 is 0 Å². The number of benzene rings is 1. The predicted octanol–water partition coefficient (Wildman–Crippen LogP) is 1.94. The molecule has 0 radical (unpaired) electrons. The Morgan fingerprint density at radius 1 is 1.41 bits per heavy atom. The Labute approximate surface area is 99.2 Å². The number of aromatic amines is 1. The van der Waals surface area contributed by atoms with Gasteiger partial charge in [0.25, 0.3) is 0 Å². The van der Waals surface area contributed by atoms with Gasteiger partial charge in [-0.25, -0.2) is 0 Å². The second-order valence-corrected chi connectivity index (χ2v) is 3.75. The summed E-state index contributed by atoms with van der Waals surface area (Å²) in [6.07, 6.45) is 2.44. The molecular weight excluding hydrogens is 218 g/mol. The maximum absolute atomic E-state index is 10.1. The zero-order chi connectivity index (χ0) is 12.4. The highest BCUT2D eigenvalue weighted by atomic mass is 16.5. The van der Waals surface area contributed by atoms with Gasteiger partial charge in [-0.1, -0.05) is 6.92 Å². The Morgan fingerprint density at radius 2 is 2.18 bits per heavy atom. The molecule has 1 aromatic heterocycles. The van der Waals surface area contributed by atoms with E-state index in [0.29, 0.717) is 22.7 Å². The Bertz CT molecular complexity index is 535. The van der Waals surface area contributed by atoms with E-state index in [1.54, 1.807) is 6.20 Å². The minimum Gasteiger partial charge on any atom is -0.504 e. The van der Waals surface area contributed by atoms with Gasteiger partial charge in [0.2, 0.25) is 0 Å². The van der Waals surface area contributed by atoms with E-state index in [-0.39, 0.29) is 5.75 Å². The first kappa shape index (κ1) is 11.3. The molecule has 1 aromatic carbocycles. The average Bonchev–Trinajstić information content (AvgIpc) is 2.76. The molecule has 0 aliphatic carbocycles. The number of rotatable bonds is 3. The molecule has 2 rings (SSSR count). The molecule has 0 unspecified atom stereocenters. The van der Waals surface area contributed by atoms with Crippen LogP contribution in [0.1, 0.15) is 12.5 Å². The van der Waals surface area contributed by atoms with Crippen molar-refractivity contribution in [3.63, 3.8) is 0 Å². The highest BCUT2D eigenvalue weighted by Gasteiger charge is 2.15. The second-order valence-electron chi connectivity index (χ2n) is 3.75. The van der Waals surface area contributed by atoms with Gasteiger partial charge in [-0.2, -0.15) is 5.10 Å². The molecule has 17 heavy (non-hydrogen) atoms. The van der Waals surface area contributed by atoms with Crippen LogP contribution in [0.2, 0.25) is 0 Å². The molecule has 5 nitrogen and oxygen atoms in total. The van der Waals surface area contributed by atoms with Gasteiger partial charge in [-0.05, 0) is 24.1 Å². The zero-order valence-electron chi connectivity index (χ0n) is 9.82. The largest absolute Gasteiger partial charge is 0.504 e. The Hall–Kier alpha value is -2.17. The topological polar surface area (TPSA) is 84.2 Å². The van der Waals surface area contributed by atoms with Gasteiger partial charge in [0.15, 0.2) is 11.5 Å². The fourth-order valence-electron chi connectivity index (χ4n) is 1.74. The van der Waals surface area contributed by atoms with Crippen LogP contribution in [0.3, 0.4) is 0 Å². The monoisotopic (exact) mass is 233 g/mol. The van der Waals surface area contributed by atoms with Crippen LogP contribution in [-0.4, -0.2) is 22.4 Å². The maximum atomic E-state index is 10.1. The number of nitrogens with one attached hydrogen (secondary N) is 1. The minimum atomic E-state index is 0.0813. The number of aromatic nitrogens is 2. The highest BCUT2D eigenvalue weighted by molar-refractivity contribution is 5.80. The van der Waals surface area contributed by atoms with E-state index in [1.807, 2.05) is 19.1 Å². The third-order valence-corrected chi connectivity index (χ3v) is 2.72. The van der Waals surface area contributed by atoms with Gasteiger partial charge in [0.05, 0.1) is 13.3 Å². The number of hydrogen-bond acceptors (Lipinski definition) is 4. The molecule has 0 atom stereocenters. The van der Waals surface area contributed by atoms with Gasteiger partial charge >= 0.3 is 0 Å². The summed E-state index contributed by atoms with van der Waals surface area (Å²) in [5.74, 6) is 0.952. The van der Waals surface area contributed by atoms with Crippen LogP contribution in [-0.2, 0) is 6.42 Å². The number of hydrogen-bond donors (Lipinski definition) is 3. The summed E-state index contributed by atoms with van der Waals surface area (Å²) < 4.78 is 5.14. The fraction of sp³-hybridized carbons (Fsp3) is 0.250. The first-order valence-corrected chi connectivity index (χ1v) is 5.36. The lowest BCUT2D eigenvalue weighted by atomic mass is 10.0. The van der Waals surface area contributed by atoms with Crippen LogP contribution in [0.4, 0.5) is 5.82 Å². The zero-order valence-corrected chi connectivity index (χ0v) is 9.82. The molecule has 0 aliphatic heterocycles. The smallest absolute Gasteiger partial charge is 0.165 e. The van der Waals surface area contributed by atoms with Crippen LogP contribution in [0.5, 0.6) is 11.5 Å². The van der Waals surface area contributed by atoms with Crippen molar-refractivity contribution in [2.45, 2.75) is 13.3 Å². The molecule has 0 spiro atoms. The fourth-order valence-corrected chi connectivity index (χ4v) is 1.74. The van der Waals surface area contributed by atoms with Gasteiger partial charge in [-0.15, -0.1) is 0 Å². The molecule has 90 valence electrons. The van der Waals surface area contributed by atoms with Gasteiger partial charge in [-0.3, -0.25) is 5.10 Å². The maximum Gasteiger partial charge on any atom is 0.165 e. The van der Waals surface area contributed by atoms with Crippen molar-refractivity contribution in [2.75, 3.05) is 12.8 Å². The van der Waals surface area contributed by atoms with Crippen molar-refractivity contribution in [2.24, 2.45) is 0 Å². The molecule has 0 amide bonds. The van der Waals surface area contributed by atoms with Crippen LogP contribution in [0.25, 0.3) is 11.1 Å². The molecule has 0 fully saturated rings. The van der Waals surface area contributed by atoms with Crippen molar-refractivity contribution < 1.29 is 9.84 Å². The van der Waals surface area contributed by atoms with Crippen molar-refractivity contribution in [3.8, 4) is 22.6 Å². The lowest BCUT2D eigenvalue weighted by Gasteiger charge is -2.10. The number of H-pyrrole nitrogens is 1. The summed E-state index contributed by atoms with van der Waals surface area (Å²) in [6, 6.07) is 3.70. The Morgan fingerprint density at radius 3 is 2.71 bits per heavy atom. The molecule has 2 aromatic rings. The van der Waals surface area contributed by atoms with Gasteiger partial charge < -0.3 is 15.6 Å². The summed E-state index contributed by atoms with van der Waals surface area (Å²) in [5.41, 5.74) is 8.13. The lowest BCUT2D eigenvalue weighted by molar-refractivity contribution is 0.374. The van der Waals surface area contributed by atoms with Crippen molar-refractivity contribution >= 4 is 5.82 Å². The number of aromatic hydroxyl groups is 1. The number of nitrogen functional groups attached to an aromatic ring is 1. The third kappa shape index (κ3) is 1.91. The predicted molar refractivity (Wildman–Crippen MR) is 66.0 cm³/mol. The summed E-state index contributed by atoms with van der Waals surface area (Å²) in [5, 5.41) is 16.6. The van der Waals surface area contributed by atoms with E-state index in [4.69, 9.17) is 10.5 Å².